The van der Waals surface area contributed by atoms with E-state index < -0.39 is 9.84 Å². The Bertz CT molecular complexity index is 590. The lowest BCUT2D eigenvalue weighted by Crippen LogP contribution is -2.32. The molecule has 1 aliphatic rings. The lowest BCUT2D eigenvalue weighted by Gasteiger charge is -2.28. The number of hydrogen-bond acceptors (Lipinski definition) is 4. The van der Waals surface area contributed by atoms with Crippen LogP contribution in [0.1, 0.15) is 25.7 Å². The first-order valence-electron chi connectivity index (χ1n) is 6.73. The predicted octanol–water partition coefficient (Wildman–Crippen LogP) is 1.55. The molecule has 2 rings (SSSR count). The molecule has 0 radical (unpaired) electrons. The SMILES string of the molecule is CS(=O)(=O)c1ccccc1NC1CCC(C(N)=O)CC1. The molecule has 0 spiro atoms. The van der Waals surface area contributed by atoms with E-state index in [2.05, 4.69) is 5.32 Å². The highest BCUT2D eigenvalue weighted by molar-refractivity contribution is 7.90. The van der Waals surface area contributed by atoms with E-state index in [4.69, 9.17) is 5.73 Å². The summed E-state index contributed by atoms with van der Waals surface area (Å²) < 4.78 is 23.5. The van der Waals surface area contributed by atoms with Gasteiger partial charge in [-0.3, -0.25) is 4.79 Å². The number of para-hydroxylation sites is 1. The molecule has 6 heteroatoms. The molecular weight excluding hydrogens is 276 g/mol. The van der Waals surface area contributed by atoms with E-state index >= 15 is 0 Å². The molecule has 110 valence electrons. The third-order valence-electron chi connectivity index (χ3n) is 3.78. The Morgan fingerprint density at radius 2 is 1.80 bits per heavy atom. The summed E-state index contributed by atoms with van der Waals surface area (Å²) in [6.45, 7) is 0. The zero-order valence-corrected chi connectivity index (χ0v) is 12.3. The summed E-state index contributed by atoms with van der Waals surface area (Å²) in [5, 5.41) is 3.28. The van der Waals surface area contributed by atoms with Gasteiger partial charge in [-0.1, -0.05) is 12.1 Å². The minimum atomic E-state index is -3.25. The highest BCUT2D eigenvalue weighted by Crippen LogP contribution is 2.28. The maximum atomic E-state index is 11.7. The Morgan fingerprint density at radius 3 is 2.35 bits per heavy atom. The Labute approximate surface area is 119 Å². The van der Waals surface area contributed by atoms with Crippen molar-refractivity contribution in [2.24, 2.45) is 11.7 Å². The van der Waals surface area contributed by atoms with Gasteiger partial charge in [-0.15, -0.1) is 0 Å². The van der Waals surface area contributed by atoms with Crippen LogP contribution in [0.15, 0.2) is 29.2 Å². The summed E-state index contributed by atoms with van der Waals surface area (Å²) >= 11 is 0. The van der Waals surface area contributed by atoms with Crippen LogP contribution < -0.4 is 11.1 Å². The van der Waals surface area contributed by atoms with Gasteiger partial charge >= 0.3 is 0 Å². The number of amides is 1. The number of carbonyl (C=O) groups excluding carboxylic acids is 1. The summed E-state index contributed by atoms with van der Waals surface area (Å²) in [6.07, 6.45) is 4.37. The molecule has 1 fully saturated rings. The molecule has 0 unspecified atom stereocenters. The first-order valence-corrected chi connectivity index (χ1v) is 8.62. The van der Waals surface area contributed by atoms with Crippen LogP contribution in [0.25, 0.3) is 0 Å². The van der Waals surface area contributed by atoms with E-state index in [1.54, 1.807) is 18.2 Å². The largest absolute Gasteiger partial charge is 0.381 e. The second kappa shape index (κ2) is 5.83. The van der Waals surface area contributed by atoms with Crippen molar-refractivity contribution in [2.75, 3.05) is 11.6 Å². The first kappa shape index (κ1) is 14.8. The van der Waals surface area contributed by atoms with Gasteiger partial charge in [0.2, 0.25) is 5.91 Å². The van der Waals surface area contributed by atoms with Crippen LogP contribution in [0.5, 0.6) is 0 Å². The monoisotopic (exact) mass is 296 g/mol. The number of nitrogens with two attached hydrogens (primary N) is 1. The number of carbonyl (C=O) groups is 1. The minimum absolute atomic E-state index is 0.0433. The van der Waals surface area contributed by atoms with Crippen molar-refractivity contribution in [3.63, 3.8) is 0 Å². The summed E-state index contributed by atoms with van der Waals surface area (Å²) in [6, 6.07) is 7.09. The fraction of sp³-hybridized carbons (Fsp3) is 0.500. The van der Waals surface area contributed by atoms with Crippen molar-refractivity contribution in [3.05, 3.63) is 24.3 Å². The van der Waals surface area contributed by atoms with Crippen molar-refractivity contribution in [1.82, 2.24) is 0 Å². The third kappa shape index (κ3) is 3.50. The van der Waals surface area contributed by atoms with E-state index in [-0.39, 0.29) is 17.9 Å². The van der Waals surface area contributed by atoms with Gasteiger partial charge in [0.25, 0.3) is 0 Å². The molecule has 0 atom stereocenters. The summed E-state index contributed by atoms with van der Waals surface area (Å²) in [5.41, 5.74) is 5.94. The van der Waals surface area contributed by atoms with Crippen LogP contribution in [0.4, 0.5) is 5.69 Å². The molecule has 1 aromatic carbocycles. The quantitative estimate of drug-likeness (QED) is 0.882. The lowest BCUT2D eigenvalue weighted by molar-refractivity contribution is -0.122. The minimum Gasteiger partial charge on any atom is -0.381 e. The van der Waals surface area contributed by atoms with Crippen LogP contribution >= 0.6 is 0 Å². The van der Waals surface area contributed by atoms with E-state index in [1.165, 1.54) is 6.26 Å². The summed E-state index contributed by atoms with van der Waals surface area (Å²) in [5.74, 6) is -0.279. The highest BCUT2D eigenvalue weighted by atomic mass is 32.2. The van der Waals surface area contributed by atoms with Crippen molar-refractivity contribution >= 4 is 21.4 Å². The summed E-state index contributed by atoms with van der Waals surface area (Å²) in [7, 11) is -3.25. The maximum Gasteiger partial charge on any atom is 0.220 e. The second-order valence-corrected chi connectivity index (χ2v) is 7.35. The zero-order chi connectivity index (χ0) is 14.8. The number of hydrogen-bond donors (Lipinski definition) is 2. The van der Waals surface area contributed by atoms with E-state index in [0.29, 0.717) is 10.6 Å². The van der Waals surface area contributed by atoms with Crippen LogP contribution in [-0.2, 0) is 14.6 Å². The van der Waals surface area contributed by atoms with Gasteiger partial charge in [-0.2, -0.15) is 0 Å². The molecule has 3 N–H and O–H groups in total. The Hall–Kier alpha value is -1.56. The molecular formula is C14H20N2O3S. The number of sulfone groups is 1. The normalized spacial score (nSPS) is 23.2. The zero-order valence-electron chi connectivity index (χ0n) is 11.5. The topological polar surface area (TPSA) is 89.3 Å². The molecule has 1 aliphatic carbocycles. The maximum absolute atomic E-state index is 11.7. The average molecular weight is 296 g/mol. The van der Waals surface area contributed by atoms with Gasteiger partial charge in [0.05, 0.1) is 10.6 Å². The molecule has 1 saturated carbocycles. The fourth-order valence-electron chi connectivity index (χ4n) is 2.65. The molecule has 0 aliphatic heterocycles. The molecule has 5 nitrogen and oxygen atoms in total. The number of primary amides is 1. The van der Waals surface area contributed by atoms with Gasteiger partial charge in [-0.25, -0.2) is 8.42 Å². The van der Waals surface area contributed by atoms with Crippen molar-refractivity contribution in [2.45, 2.75) is 36.6 Å². The molecule has 0 saturated heterocycles. The van der Waals surface area contributed by atoms with E-state index in [0.717, 1.165) is 25.7 Å². The van der Waals surface area contributed by atoms with Crippen LogP contribution in [0.3, 0.4) is 0 Å². The number of benzene rings is 1. The molecule has 0 aromatic heterocycles. The highest BCUT2D eigenvalue weighted by Gasteiger charge is 2.25. The van der Waals surface area contributed by atoms with E-state index in [9.17, 15) is 13.2 Å². The molecule has 0 bridgehead atoms. The third-order valence-corrected chi connectivity index (χ3v) is 4.93. The van der Waals surface area contributed by atoms with Crippen molar-refractivity contribution < 1.29 is 13.2 Å². The van der Waals surface area contributed by atoms with E-state index in [1.807, 2.05) is 6.07 Å². The summed E-state index contributed by atoms with van der Waals surface area (Å²) in [4.78, 5) is 11.4. The molecule has 1 amide bonds. The van der Waals surface area contributed by atoms with Crippen LogP contribution in [0, 0.1) is 5.92 Å². The standard InChI is InChI=1S/C14H20N2O3S/c1-20(18,19)13-5-3-2-4-12(13)16-11-8-6-10(7-9-11)14(15)17/h2-5,10-11,16H,6-9H2,1H3,(H2,15,17). The fourth-order valence-corrected chi connectivity index (χ4v) is 3.50. The first-order chi connectivity index (χ1) is 9.38. The Morgan fingerprint density at radius 1 is 1.20 bits per heavy atom. The number of nitrogens with one attached hydrogen (secondary N) is 1. The van der Waals surface area contributed by atoms with Crippen molar-refractivity contribution in [3.8, 4) is 0 Å². The Kier molecular flexibility index (Phi) is 4.32. The molecule has 1 aromatic rings. The number of rotatable bonds is 4. The lowest BCUT2D eigenvalue weighted by atomic mass is 9.85. The van der Waals surface area contributed by atoms with Gasteiger partial charge in [-0.05, 0) is 37.8 Å². The van der Waals surface area contributed by atoms with Gasteiger partial charge < -0.3 is 11.1 Å². The number of anilines is 1. The van der Waals surface area contributed by atoms with Gasteiger partial charge in [0, 0.05) is 18.2 Å². The van der Waals surface area contributed by atoms with Gasteiger partial charge in [0.1, 0.15) is 0 Å². The predicted molar refractivity (Wildman–Crippen MR) is 78.1 cm³/mol. The van der Waals surface area contributed by atoms with Crippen LogP contribution in [-0.4, -0.2) is 26.6 Å². The molecule has 0 heterocycles. The van der Waals surface area contributed by atoms with Crippen molar-refractivity contribution in [1.29, 1.82) is 0 Å². The second-order valence-electron chi connectivity index (χ2n) is 5.36. The smallest absolute Gasteiger partial charge is 0.220 e. The molecule has 20 heavy (non-hydrogen) atoms. The van der Waals surface area contributed by atoms with Gasteiger partial charge in [0.15, 0.2) is 9.84 Å². The average Bonchev–Trinajstić information content (AvgIpc) is 2.38. The van der Waals surface area contributed by atoms with Crippen LogP contribution in [0.2, 0.25) is 0 Å². The Balaban J connectivity index is 2.07.